The maximum atomic E-state index is 13.3. The van der Waals surface area contributed by atoms with Crippen molar-refractivity contribution in [1.82, 2.24) is 19.7 Å². The van der Waals surface area contributed by atoms with Crippen LogP contribution < -0.4 is 5.32 Å². The van der Waals surface area contributed by atoms with E-state index in [4.69, 9.17) is 0 Å². The number of H-pyrrole nitrogens is 1. The normalized spacial score (nSPS) is 10.8. The molecule has 0 bridgehead atoms. The van der Waals surface area contributed by atoms with Gasteiger partial charge in [0.1, 0.15) is 17.7 Å². The standard InChI is InChI=1S/C22H19FN6OS2/c1-13-14(2)29(11-15-5-7-16(23)8-6-15)21(17(13)10-24)25-19(30)12-32-22-26-20(27-28-22)18-4-3-9-31-18/h3-9H,11-12H2,1-2H3,(H,25,30)(H,26,27,28). The molecular weight excluding hydrogens is 447 g/mol. The van der Waals surface area contributed by atoms with Crippen molar-refractivity contribution >= 4 is 34.8 Å². The highest BCUT2D eigenvalue weighted by molar-refractivity contribution is 7.99. The number of halogens is 1. The van der Waals surface area contributed by atoms with E-state index in [1.165, 1.54) is 23.9 Å². The fourth-order valence-corrected chi connectivity index (χ4v) is 4.50. The molecule has 3 heterocycles. The first kappa shape index (κ1) is 21.8. The summed E-state index contributed by atoms with van der Waals surface area (Å²) in [6.07, 6.45) is 0. The Morgan fingerprint density at radius 1 is 1.31 bits per heavy atom. The number of nitriles is 1. The molecule has 0 radical (unpaired) electrons. The van der Waals surface area contributed by atoms with Gasteiger partial charge in [0, 0.05) is 12.2 Å². The van der Waals surface area contributed by atoms with Gasteiger partial charge < -0.3 is 9.88 Å². The largest absolute Gasteiger partial charge is 0.326 e. The Hall–Kier alpha value is -3.42. The third-order valence-corrected chi connectivity index (χ3v) is 6.73. The molecule has 2 N–H and O–H groups in total. The highest BCUT2D eigenvalue weighted by Gasteiger charge is 2.20. The number of anilines is 1. The first-order valence-corrected chi connectivity index (χ1v) is 11.6. The third-order valence-electron chi connectivity index (χ3n) is 5.00. The summed E-state index contributed by atoms with van der Waals surface area (Å²) >= 11 is 2.76. The van der Waals surface area contributed by atoms with Crippen LogP contribution in [-0.4, -0.2) is 31.4 Å². The fourth-order valence-electron chi connectivity index (χ4n) is 3.23. The molecular formula is C22H19FN6OS2. The Morgan fingerprint density at radius 2 is 2.09 bits per heavy atom. The molecule has 1 amide bonds. The Balaban J connectivity index is 1.49. The van der Waals surface area contributed by atoms with E-state index in [9.17, 15) is 14.4 Å². The SMILES string of the molecule is Cc1c(C#N)c(NC(=O)CSc2n[nH]c(-c3cccs3)n2)n(Cc2ccc(F)cc2)c1C. The molecule has 0 saturated carbocycles. The first-order valence-electron chi connectivity index (χ1n) is 9.69. The van der Waals surface area contributed by atoms with Gasteiger partial charge in [0.2, 0.25) is 11.1 Å². The number of amides is 1. The van der Waals surface area contributed by atoms with Gasteiger partial charge in [-0.3, -0.25) is 9.89 Å². The zero-order chi connectivity index (χ0) is 22.7. The average Bonchev–Trinajstić information content (AvgIpc) is 3.52. The van der Waals surface area contributed by atoms with Crippen molar-refractivity contribution in [2.45, 2.75) is 25.5 Å². The van der Waals surface area contributed by atoms with Crippen LogP contribution in [0, 0.1) is 31.0 Å². The smallest absolute Gasteiger partial charge is 0.235 e. The Bertz CT molecular complexity index is 1290. The summed E-state index contributed by atoms with van der Waals surface area (Å²) < 4.78 is 15.1. The monoisotopic (exact) mass is 466 g/mol. The summed E-state index contributed by atoms with van der Waals surface area (Å²) in [7, 11) is 0. The van der Waals surface area contributed by atoms with E-state index < -0.39 is 0 Å². The highest BCUT2D eigenvalue weighted by atomic mass is 32.2. The average molecular weight is 467 g/mol. The number of hydrogen-bond donors (Lipinski definition) is 2. The predicted molar refractivity (Wildman–Crippen MR) is 123 cm³/mol. The number of aromatic nitrogens is 4. The minimum atomic E-state index is -0.313. The van der Waals surface area contributed by atoms with E-state index in [0.717, 1.165) is 21.7 Å². The van der Waals surface area contributed by atoms with Crippen molar-refractivity contribution in [3.05, 3.63) is 70.0 Å². The molecule has 32 heavy (non-hydrogen) atoms. The lowest BCUT2D eigenvalue weighted by Gasteiger charge is -2.13. The van der Waals surface area contributed by atoms with E-state index in [1.54, 1.807) is 23.5 Å². The Kier molecular flexibility index (Phi) is 6.39. The molecule has 0 unspecified atom stereocenters. The second kappa shape index (κ2) is 9.38. The van der Waals surface area contributed by atoms with E-state index >= 15 is 0 Å². The molecule has 4 aromatic rings. The molecule has 1 aromatic carbocycles. The Labute approximate surface area is 192 Å². The number of hydrogen-bond acceptors (Lipinski definition) is 6. The quantitative estimate of drug-likeness (QED) is 0.383. The molecule has 0 atom stereocenters. The van der Waals surface area contributed by atoms with Crippen LogP contribution in [0.2, 0.25) is 0 Å². The van der Waals surface area contributed by atoms with Crippen LogP contribution in [0.5, 0.6) is 0 Å². The van der Waals surface area contributed by atoms with Gasteiger partial charge in [-0.1, -0.05) is 30.0 Å². The second-order valence-corrected chi connectivity index (χ2v) is 8.93. The van der Waals surface area contributed by atoms with Crippen molar-refractivity contribution < 1.29 is 9.18 Å². The molecule has 0 spiro atoms. The minimum Gasteiger partial charge on any atom is -0.326 e. The van der Waals surface area contributed by atoms with Crippen LogP contribution in [0.15, 0.2) is 46.9 Å². The molecule has 4 rings (SSSR count). The topological polar surface area (TPSA) is 99.4 Å². The van der Waals surface area contributed by atoms with Crippen molar-refractivity contribution in [3.8, 4) is 16.8 Å². The van der Waals surface area contributed by atoms with E-state index in [-0.39, 0.29) is 17.5 Å². The lowest BCUT2D eigenvalue weighted by atomic mass is 10.2. The van der Waals surface area contributed by atoms with Gasteiger partial charge in [-0.15, -0.1) is 16.4 Å². The summed E-state index contributed by atoms with van der Waals surface area (Å²) in [5.74, 6) is 0.603. The van der Waals surface area contributed by atoms with Gasteiger partial charge >= 0.3 is 0 Å². The van der Waals surface area contributed by atoms with Gasteiger partial charge in [0.05, 0.1) is 16.2 Å². The fraction of sp³-hybridized carbons (Fsp3) is 0.182. The number of thiophene rings is 1. The van der Waals surface area contributed by atoms with Crippen molar-refractivity contribution in [3.63, 3.8) is 0 Å². The third kappa shape index (κ3) is 4.59. The molecule has 7 nitrogen and oxygen atoms in total. The number of benzene rings is 1. The molecule has 3 aromatic heterocycles. The number of thioether (sulfide) groups is 1. The number of nitrogens with zero attached hydrogens (tertiary/aromatic N) is 4. The van der Waals surface area contributed by atoms with E-state index in [2.05, 4.69) is 26.6 Å². The lowest BCUT2D eigenvalue weighted by molar-refractivity contribution is -0.113. The summed E-state index contributed by atoms with van der Waals surface area (Å²) in [6.45, 7) is 4.14. The Morgan fingerprint density at radius 3 is 2.78 bits per heavy atom. The van der Waals surface area contributed by atoms with Crippen LogP contribution in [0.1, 0.15) is 22.4 Å². The number of aromatic amines is 1. The van der Waals surface area contributed by atoms with Gasteiger partial charge in [0.15, 0.2) is 5.82 Å². The van der Waals surface area contributed by atoms with Gasteiger partial charge in [0.25, 0.3) is 0 Å². The van der Waals surface area contributed by atoms with E-state index in [0.29, 0.717) is 28.9 Å². The summed E-state index contributed by atoms with van der Waals surface area (Å²) in [6, 6.07) is 12.2. The van der Waals surface area contributed by atoms with Crippen LogP contribution in [-0.2, 0) is 11.3 Å². The summed E-state index contributed by atoms with van der Waals surface area (Å²) in [5, 5.41) is 22.0. The molecule has 10 heteroatoms. The number of rotatable bonds is 7. The van der Waals surface area contributed by atoms with E-state index in [1.807, 2.05) is 35.9 Å². The number of carbonyl (C=O) groups is 1. The maximum Gasteiger partial charge on any atom is 0.235 e. The van der Waals surface area contributed by atoms with Gasteiger partial charge in [-0.05, 0) is 48.6 Å². The van der Waals surface area contributed by atoms with Crippen LogP contribution in [0.4, 0.5) is 10.2 Å². The molecule has 162 valence electrons. The zero-order valence-corrected chi connectivity index (χ0v) is 19.0. The molecule has 0 aliphatic heterocycles. The van der Waals surface area contributed by atoms with Crippen molar-refractivity contribution in [1.29, 1.82) is 5.26 Å². The minimum absolute atomic E-state index is 0.0897. The van der Waals surface area contributed by atoms with Crippen LogP contribution >= 0.6 is 23.1 Å². The number of nitrogens with one attached hydrogen (secondary N) is 2. The molecule has 0 fully saturated rings. The second-order valence-electron chi connectivity index (χ2n) is 7.04. The summed E-state index contributed by atoms with van der Waals surface area (Å²) in [5.41, 5.74) is 2.94. The van der Waals surface area contributed by atoms with Crippen LogP contribution in [0.3, 0.4) is 0 Å². The molecule has 0 aliphatic rings. The van der Waals surface area contributed by atoms with Crippen LogP contribution in [0.25, 0.3) is 10.7 Å². The lowest BCUT2D eigenvalue weighted by Crippen LogP contribution is -2.18. The highest BCUT2D eigenvalue weighted by Crippen LogP contribution is 2.28. The molecule has 0 aliphatic carbocycles. The zero-order valence-electron chi connectivity index (χ0n) is 17.3. The number of carbonyl (C=O) groups excluding carboxylic acids is 1. The van der Waals surface area contributed by atoms with Gasteiger partial charge in [-0.25, -0.2) is 9.37 Å². The maximum absolute atomic E-state index is 13.3. The predicted octanol–water partition coefficient (Wildman–Crippen LogP) is 4.74. The first-order chi connectivity index (χ1) is 15.5. The molecule has 0 saturated heterocycles. The summed E-state index contributed by atoms with van der Waals surface area (Å²) in [4.78, 5) is 18.1. The van der Waals surface area contributed by atoms with Crippen molar-refractivity contribution in [2.75, 3.05) is 11.1 Å². The van der Waals surface area contributed by atoms with Gasteiger partial charge in [-0.2, -0.15) is 5.26 Å². The van der Waals surface area contributed by atoms with Crippen molar-refractivity contribution in [2.24, 2.45) is 0 Å².